The molecule has 1 aromatic carbocycles. The van der Waals surface area contributed by atoms with Crippen molar-refractivity contribution in [3.8, 4) is 0 Å². The number of halogens is 1. The van der Waals surface area contributed by atoms with Gasteiger partial charge in [-0.25, -0.2) is 8.42 Å². The molecule has 1 heterocycles. The highest BCUT2D eigenvalue weighted by Gasteiger charge is 2.08. The van der Waals surface area contributed by atoms with E-state index in [1.54, 1.807) is 23.4 Å². The highest BCUT2D eigenvalue weighted by molar-refractivity contribution is 7.85. The average Bonchev–Trinajstić information content (AvgIpc) is 2.57. The molecule has 2 aromatic rings. The Bertz CT molecular complexity index is 823. The predicted octanol–water partition coefficient (Wildman–Crippen LogP) is 2.42. The van der Waals surface area contributed by atoms with Crippen LogP contribution in [0.5, 0.6) is 0 Å². The minimum absolute atomic E-state index is 0.330. The van der Waals surface area contributed by atoms with Gasteiger partial charge in [0.05, 0.1) is 15.8 Å². The maximum atomic E-state index is 10.6. The van der Waals surface area contributed by atoms with E-state index in [1.165, 1.54) is 0 Å². The van der Waals surface area contributed by atoms with Crippen molar-refractivity contribution in [2.75, 3.05) is 17.8 Å². The second-order valence-electron chi connectivity index (χ2n) is 5.53. The second-order valence-corrected chi connectivity index (χ2v) is 7.49. The van der Waals surface area contributed by atoms with Crippen molar-refractivity contribution < 1.29 is 17.5 Å². The Morgan fingerprint density at radius 1 is 1.20 bits per heavy atom. The van der Waals surface area contributed by atoms with Gasteiger partial charge in [0.2, 0.25) is 5.69 Å². The smallest absolute Gasteiger partial charge is 0.225 e. The fourth-order valence-electron chi connectivity index (χ4n) is 2.24. The number of unbranched alkanes of at least 4 members (excludes halogenated alkanes) is 1. The van der Waals surface area contributed by atoms with E-state index >= 15 is 0 Å². The molecule has 0 N–H and O–H groups in total. The minimum atomic E-state index is -4.15. The summed E-state index contributed by atoms with van der Waals surface area (Å²) < 4.78 is 33.9. The lowest BCUT2D eigenvalue weighted by molar-refractivity contribution is -0.698. The van der Waals surface area contributed by atoms with Crippen LogP contribution < -0.4 is 9.58 Å². The molecule has 0 aliphatic carbocycles. The van der Waals surface area contributed by atoms with Crippen molar-refractivity contribution in [1.29, 1.82) is 0 Å². The number of pyridine rings is 1. The van der Waals surface area contributed by atoms with Gasteiger partial charge in [0.25, 0.3) is 0 Å². The summed E-state index contributed by atoms with van der Waals surface area (Å²) in [5.74, 6) is -0.330. The topological polar surface area (TPSA) is 76.7 Å². The van der Waals surface area contributed by atoms with Crippen LogP contribution in [0.2, 0.25) is 5.02 Å². The zero-order chi connectivity index (χ0) is 18.3. The molecule has 1 aromatic heterocycles. The Hall–Kier alpha value is -1.96. The van der Waals surface area contributed by atoms with Crippen molar-refractivity contribution in [2.24, 2.45) is 5.10 Å². The van der Waals surface area contributed by atoms with Gasteiger partial charge in [-0.15, -0.1) is 0 Å². The molecule has 0 spiro atoms. The van der Waals surface area contributed by atoms with Gasteiger partial charge in [-0.05, 0) is 36.8 Å². The Labute approximate surface area is 153 Å². The van der Waals surface area contributed by atoms with Crippen molar-refractivity contribution in [1.82, 2.24) is 0 Å². The molecule has 25 heavy (non-hydrogen) atoms. The molecule has 0 saturated carbocycles. The monoisotopic (exact) mass is 381 g/mol. The zero-order valence-corrected chi connectivity index (χ0v) is 15.4. The first kappa shape index (κ1) is 19.4. The molecule has 6 nitrogen and oxygen atoms in total. The van der Waals surface area contributed by atoms with Crippen LogP contribution in [-0.2, 0) is 16.7 Å². The Balaban J connectivity index is 2.00. The molecule has 0 bridgehead atoms. The van der Waals surface area contributed by atoms with E-state index in [2.05, 4.69) is 5.10 Å². The van der Waals surface area contributed by atoms with E-state index in [-0.39, 0.29) is 5.75 Å². The number of hydrogen-bond acceptors (Lipinski definition) is 5. The summed E-state index contributed by atoms with van der Waals surface area (Å²) in [7, 11) is -2.31. The number of aromatic nitrogens is 1. The largest absolute Gasteiger partial charge is 0.748 e. The van der Waals surface area contributed by atoms with Crippen molar-refractivity contribution >= 4 is 33.6 Å². The molecule has 2 rings (SSSR count). The molecule has 0 fully saturated rings. The number of benzene rings is 1. The van der Waals surface area contributed by atoms with E-state index in [9.17, 15) is 13.0 Å². The van der Waals surface area contributed by atoms with E-state index < -0.39 is 10.1 Å². The first-order valence-electron chi connectivity index (χ1n) is 7.80. The van der Waals surface area contributed by atoms with E-state index in [0.29, 0.717) is 24.4 Å². The number of rotatable bonds is 8. The lowest BCUT2D eigenvalue weighted by Crippen LogP contribution is -2.38. The molecule has 0 atom stereocenters. The Morgan fingerprint density at radius 3 is 2.60 bits per heavy atom. The molecule has 0 radical (unpaired) electrons. The van der Waals surface area contributed by atoms with Crippen LogP contribution in [-0.4, -0.2) is 32.0 Å². The minimum Gasteiger partial charge on any atom is -0.748 e. The SMILES string of the molecule is CN(/N=C/c1cccc[n+]1CCCCS(=O)(=O)[O-])c1ccc(Cl)cc1. The first-order chi connectivity index (χ1) is 11.8. The van der Waals surface area contributed by atoms with E-state index in [1.807, 2.05) is 48.1 Å². The normalized spacial score (nSPS) is 11.8. The van der Waals surface area contributed by atoms with Crippen LogP contribution in [0.1, 0.15) is 18.5 Å². The van der Waals surface area contributed by atoms with Crippen LogP contribution in [0, 0.1) is 0 Å². The molecule has 0 unspecified atom stereocenters. The Morgan fingerprint density at radius 2 is 1.92 bits per heavy atom. The van der Waals surface area contributed by atoms with Crippen LogP contribution in [0.25, 0.3) is 0 Å². The fraction of sp³-hybridized carbons (Fsp3) is 0.294. The summed E-state index contributed by atoms with van der Waals surface area (Å²) in [6.07, 6.45) is 4.58. The highest BCUT2D eigenvalue weighted by Crippen LogP contribution is 2.16. The fourth-order valence-corrected chi connectivity index (χ4v) is 2.92. The number of anilines is 1. The molecule has 0 saturated heterocycles. The van der Waals surface area contributed by atoms with Gasteiger partial charge < -0.3 is 4.55 Å². The third kappa shape index (κ3) is 6.81. The molecule has 134 valence electrons. The van der Waals surface area contributed by atoms with E-state index in [4.69, 9.17) is 11.6 Å². The molecule has 0 aliphatic heterocycles. The summed E-state index contributed by atoms with van der Waals surface area (Å²) in [6.45, 7) is 0.613. The Kier molecular flexibility index (Phi) is 6.92. The average molecular weight is 382 g/mol. The number of hydrazone groups is 1. The lowest BCUT2D eigenvalue weighted by atomic mass is 10.3. The summed E-state index contributed by atoms with van der Waals surface area (Å²) in [6, 6.07) is 13.1. The van der Waals surface area contributed by atoms with Crippen molar-refractivity contribution in [3.05, 3.63) is 59.4 Å². The van der Waals surface area contributed by atoms with Crippen LogP contribution in [0.4, 0.5) is 5.69 Å². The molecule has 8 heteroatoms. The van der Waals surface area contributed by atoms with Gasteiger partial charge in [-0.1, -0.05) is 11.6 Å². The quantitative estimate of drug-likeness (QED) is 0.231. The predicted molar refractivity (Wildman–Crippen MR) is 97.9 cm³/mol. The van der Waals surface area contributed by atoms with Crippen LogP contribution in [0.3, 0.4) is 0 Å². The summed E-state index contributed by atoms with van der Waals surface area (Å²) >= 11 is 5.88. The summed E-state index contributed by atoms with van der Waals surface area (Å²) in [5, 5.41) is 6.82. The van der Waals surface area contributed by atoms with Crippen molar-refractivity contribution in [2.45, 2.75) is 19.4 Å². The first-order valence-corrected chi connectivity index (χ1v) is 9.76. The van der Waals surface area contributed by atoms with Gasteiger partial charge in [0.15, 0.2) is 6.20 Å². The van der Waals surface area contributed by atoms with Gasteiger partial charge in [0, 0.05) is 36.4 Å². The molecule has 0 amide bonds. The van der Waals surface area contributed by atoms with Gasteiger partial charge in [-0.3, -0.25) is 5.01 Å². The van der Waals surface area contributed by atoms with E-state index in [0.717, 1.165) is 11.4 Å². The third-order valence-corrected chi connectivity index (χ3v) is 4.62. The number of aryl methyl sites for hydroxylation is 1. The molecular formula is C17H20ClN3O3S. The highest BCUT2D eigenvalue weighted by atomic mass is 35.5. The standard InChI is InChI=1S/C17H20ClN3O3S/c1-20(16-9-7-15(18)8-10-16)19-14-17-6-2-3-11-21(17)12-4-5-13-25(22,23)24/h2-3,6-11,14H,4-5,12-13H2,1H3. The summed E-state index contributed by atoms with van der Waals surface area (Å²) in [4.78, 5) is 0. The number of hydrogen-bond donors (Lipinski definition) is 0. The van der Waals surface area contributed by atoms with Crippen molar-refractivity contribution in [3.63, 3.8) is 0 Å². The van der Waals surface area contributed by atoms with Gasteiger partial charge in [0.1, 0.15) is 12.8 Å². The van der Waals surface area contributed by atoms with Crippen LogP contribution >= 0.6 is 11.6 Å². The molecular weight excluding hydrogens is 362 g/mol. The van der Waals surface area contributed by atoms with Crippen LogP contribution in [0.15, 0.2) is 53.8 Å². The maximum absolute atomic E-state index is 10.6. The zero-order valence-electron chi connectivity index (χ0n) is 13.9. The second kappa shape index (κ2) is 8.94. The van der Waals surface area contributed by atoms with Gasteiger partial charge in [-0.2, -0.15) is 9.67 Å². The maximum Gasteiger partial charge on any atom is 0.225 e. The number of nitrogens with zero attached hydrogens (tertiary/aromatic N) is 3. The van der Waals surface area contributed by atoms with Gasteiger partial charge >= 0.3 is 0 Å². The lowest BCUT2D eigenvalue weighted by Gasteiger charge is -2.12. The molecule has 0 aliphatic rings. The summed E-state index contributed by atoms with van der Waals surface area (Å²) in [5.41, 5.74) is 1.79. The third-order valence-electron chi connectivity index (χ3n) is 3.58.